The van der Waals surface area contributed by atoms with Crippen LogP contribution in [0.3, 0.4) is 0 Å². The number of likely N-dealkylation sites (tertiary alicyclic amines) is 1. The number of benzene rings is 2. The van der Waals surface area contributed by atoms with Crippen LogP contribution in [0.25, 0.3) is 0 Å². The lowest BCUT2D eigenvalue weighted by atomic mass is 10.00. The van der Waals surface area contributed by atoms with Crippen molar-refractivity contribution in [3.63, 3.8) is 0 Å². The van der Waals surface area contributed by atoms with E-state index in [9.17, 15) is 14.0 Å². The molecular weight excluding hydrogens is 321 g/mol. The van der Waals surface area contributed by atoms with Crippen molar-refractivity contribution in [1.29, 1.82) is 0 Å². The van der Waals surface area contributed by atoms with Gasteiger partial charge < -0.3 is 10.0 Å². The van der Waals surface area contributed by atoms with Gasteiger partial charge in [0.25, 0.3) is 0 Å². The van der Waals surface area contributed by atoms with Crippen molar-refractivity contribution in [3.8, 4) is 0 Å². The molecule has 2 aromatic rings. The molecule has 5 heteroatoms. The van der Waals surface area contributed by atoms with Crippen molar-refractivity contribution in [2.75, 3.05) is 6.54 Å². The van der Waals surface area contributed by atoms with Crippen LogP contribution in [-0.2, 0) is 11.2 Å². The van der Waals surface area contributed by atoms with Gasteiger partial charge in [-0.05, 0) is 36.1 Å². The number of carboxylic acid groups (broad SMARTS) is 1. The summed E-state index contributed by atoms with van der Waals surface area (Å²) in [6, 6.07) is 12.7. The summed E-state index contributed by atoms with van der Waals surface area (Å²) in [6.45, 7) is 2.63. The third-order valence-corrected chi connectivity index (χ3v) is 4.62. The topological polar surface area (TPSA) is 57.6 Å². The zero-order valence-corrected chi connectivity index (χ0v) is 14.0. The highest BCUT2D eigenvalue weighted by molar-refractivity contribution is 5.88. The summed E-state index contributed by atoms with van der Waals surface area (Å²) in [6.07, 6.45) is 0.834. The molecule has 1 aliphatic rings. The van der Waals surface area contributed by atoms with Crippen LogP contribution in [0.2, 0.25) is 0 Å². The van der Waals surface area contributed by atoms with Gasteiger partial charge in [0.15, 0.2) is 0 Å². The second-order valence-electron chi connectivity index (χ2n) is 6.61. The van der Waals surface area contributed by atoms with Gasteiger partial charge in [-0.1, -0.05) is 37.3 Å². The lowest BCUT2D eigenvalue weighted by Crippen LogP contribution is -2.32. The van der Waals surface area contributed by atoms with Crippen LogP contribution in [0.15, 0.2) is 48.5 Å². The van der Waals surface area contributed by atoms with Crippen molar-refractivity contribution in [2.24, 2.45) is 5.92 Å². The van der Waals surface area contributed by atoms with Crippen molar-refractivity contribution < 1.29 is 19.1 Å². The standard InChI is InChI=1S/C20H20FNO3/c1-13-9-18(16-7-2-3-8-17(16)21)22(12-13)19(23)11-14-5-4-6-15(10-14)20(24)25/h2-8,10,13,18H,9,11-12H2,1H3,(H,24,25). The van der Waals surface area contributed by atoms with Crippen molar-refractivity contribution >= 4 is 11.9 Å². The lowest BCUT2D eigenvalue weighted by molar-refractivity contribution is -0.131. The zero-order chi connectivity index (χ0) is 18.0. The molecule has 130 valence electrons. The van der Waals surface area contributed by atoms with Crippen molar-refractivity contribution in [1.82, 2.24) is 4.90 Å². The van der Waals surface area contributed by atoms with Gasteiger partial charge in [0.1, 0.15) is 5.82 Å². The minimum atomic E-state index is -1.02. The minimum absolute atomic E-state index is 0.110. The molecular formula is C20H20FNO3. The number of aromatic carboxylic acids is 1. The fraction of sp³-hybridized carbons (Fsp3) is 0.300. The van der Waals surface area contributed by atoms with E-state index in [0.717, 1.165) is 6.42 Å². The Morgan fingerprint density at radius 1 is 1.20 bits per heavy atom. The number of nitrogens with zero attached hydrogens (tertiary/aromatic N) is 1. The van der Waals surface area contributed by atoms with Crippen LogP contribution in [0.4, 0.5) is 4.39 Å². The molecule has 0 saturated carbocycles. The number of hydrogen-bond donors (Lipinski definition) is 1. The molecule has 0 radical (unpaired) electrons. The maximum Gasteiger partial charge on any atom is 0.335 e. The molecule has 25 heavy (non-hydrogen) atoms. The van der Waals surface area contributed by atoms with E-state index in [2.05, 4.69) is 0 Å². The van der Waals surface area contributed by atoms with Crippen LogP contribution >= 0.6 is 0 Å². The fourth-order valence-corrected chi connectivity index (χ4v) is 3.45. The molecule has 0 spiro atoms. The average molecular weight is 341 g/mol. The lowest BCUT2D eigenvalue weighted by Gasteiger charge is -2.25. The summed E-state index contributed by atoms with van der Waals surface area (Å²) in [4.78, 5) is 25.6. The fourth-order valence-electron chi connectivity index (χ4n) is 3.45. The molecule has 3 rings (SSSR count). The van der Waals surface area contributed by atoms with Gasteiger partial charge in [-0.3, -0.25) is 4.79 Å². The summed E-state index contributed by atoms with van der Waals surface area (Å²) in [7, 11) is 0. The maximum atomic E-state index is 14.2. The highest BCUT2D eigenvalue weighted by atomic mass is 19.1. The van der Waals surface area contributed by atoms with Crippen LogP contribution in [-0.4, -0.2) is 28.4 Å². The third kappa shape index (κ3) is 3.71. The van der Waals surface area contributed by atoms with E-state index in [1.54, 1.807) is 35.2 Å². The molecule has 1 aliphatic heterocycles. The predicted octanol–water partition coefficient (Wildman–Crippen LogP) is 3.68. The van der Waals surface area contributed by atoms with Gasteiger partial charge in [0.2, 0.25) is 5.91 Å². The van der Waals surface area contributed by atoms with Crippen LogP contribution in [0.1, 0.15) is 40.9 Å². The molecule has 2 aromatic carbocycles. The van der Waals surface area contributed by atoms with E-state index in [-0.39, 0.29) is 29.8 Å². The summed E-state index contributed by atoms with van der Waals surface area (Å²) >= 11 is 0. The number of carboxylic acids is 1. The monoisotopic (exact) mass is 341 g/mol. The van der Waals surface area contributed by atoms with Gasteiger partial charge >= 0.3 is 5.97 Å². The first-order valence-corrected chi connectivity index (χ1v) is 8.32. The third-order valence-electron chi connectivity index (χ3n) is 4.62. The Balaban J connectivity index is 1.81. The highest BCUT2D eigenvalue weighted by Crippen LogP contribution is 2.36. The first-order chi connectivity index (χ1) is 12.0. The summed E-state index contributed by atoms with van der Waals surface area (Å²) in [5.74, 6) is -1.14. The Morgan fingerprint density at radius 3 is 2.68 bits per heavy atom. The van der Waals surface area contributed by atoms with E-state index >= 15 is 0 Å². The van der Waals surface area contributed by atoms with E-state index in [0.29, 0.717) is 23.6 Å². The highest BCUT2D eigenvalue weighted by Gasteiger charge is 2.35. The molecule has 1 heterocycles. The van der Waals surface area contributed by atoms with Crippen LogP contribution in [0.5, 0.6) is 0 Å². The minimum Gasteiger partial charge on any atom is -0.478 e. The molecule has 1 saturated heterocycles. The van der Waals surface area contributed by atoms with Gasteiger partial charge in [0, 0.05) is 12.1 Å². The Labute approximate surface area is 145 Å². The van der Waals surface area contributed by atoms with E-state index < -0.39 is 5.97 Å². The SMILES string of the molecule is CC1CC(c2ccccc2F)N(C(=O)Cc2cccc(C(=O)O)c2)C1. The summed E-state index contributed by atoms with van der Waals surface area (Å²) in [5, 5.41) is 9.07. The number of carbonyl (C=O) groups is 2. The number of amides is 1. The van der Waals surface area contributed by atoms with Gasteiger partial charge in [0.05, 0.1) is 18.0 Å². The maximum absolute atomic E-state index is 14.2. The van der Waals surface area contributed by atoms with Crippen molar-refractivity contribution in [3.05, 3.63) is 71.0 Å². The molecule has 1 N–H and O–H groups in total. The van der Waals surface area contributed by atoms with E-state index in [1.807, 2.05) is 6.92 Å². The predicted molar refractivity (Wildman–Crippen MR) is 91.7 cm³/mol. The molecule has 1 amide bonds. The molecule has 0 aliphatic carbocycles. The molecule has 0 aromatic heterocycles. The molecule has 0 bridgehead atoms. The summed E-state index contributed by atoms with van der Waals surface area (Å²) in [5.41, 5.74) is 1.35. The number of rotatable bonds is 4. The zero-order valence-electron chi connectivity index (χ0n) is 14.0. The molecule has 2 unspecified atom stereocenters. The average Bonchev–Trinajstić information content (AvgIpc) is 2.97. The Bertz CT molecular complexity index is 805. The Kier molecular flexibility index (Phi) is 4.83. The largest absolute Gasteiger partial charge is 0.478 e. The smallest absolute Gasteiger partial charge is 0.335 e. The first-order valence-electron chi connectivity index (χ1n) is 8.32. The second kappa shape index (κ2) is 7.05. The van der Waals surface area contributed by atoms with Gasteiger partial charge in [-0.25, -0.2) is 9.18 Å². The van der Waals surface area contributed by atoms with Gasteiger partial charge in [-0.15, -0.1) is 0 Å². The van der Waals surface area contributed by atoms with Crippen LogP contribution in [0, 0.1) is 11.7 Å². The van der Waals surface area contributed by atoms with Crippen LogP contribution < -0.4 is 0 Å². The summed E-state index contributed by atoms with van der Waals surface area (Å²) < 4.78 is 14.2. The number of halogens is 1. The van der Waals surface area contributed by atoms with Gasteiger partial charge in [-0.2, -0.15) is 0 Å². The number of hydrogen-bond acceptors (Lipinski definition) is 2. The Morgan fingerprint density at radius 2 is 1.96 bits per heavy atom. The molecule has 1 fully saturated rings. The molecule has 2 atom stereocenters. The molecule has 4 nitrogen and oxygen atoms in total. The van der Waals surface area contributed by atoms with E-state index in [4.69, 9.17) is 5.11 Å². The number of carbonyl (C=O) groups excluding carboxylic acids is 1. The van der Waals surface area contributed by atoms with Crippen molar-refractivity contribution in [2.45, 2.75) is 25.8 Å². The normalized spacial score (nSPS) is 19.8. The quantitative estimate of drug-likeness (QED) is 0.923. The second-order valence-corrected chi connectivity index (χ2v) is 6.61. The Hall–Kier alpha value is -2.69. The first kappa shape index (κ1) is 17.1. The van der Waals surface area contributed by atoms with E-state index in [1.165, 1.54) is 18.2 Å².